The number of rotatable bonds is 4. The summed E-state index contributed by atoms with van der Waals surface area (Å²) in [7, 11) is 0. The summed E-state index contributed by atoms with van der Waals surface area (Å²) in [5, 5.41) is 2.29. The molecule has 16 heavy (non-hydrogen) atoms. The minimum absolute atomic E-state index is 0.716. The van der Waals surface area contributed by atoms with Gasteiger partial charge in [-0.3, -0.25) is 4.98 Å². The molecule has 0 saturated carbocycles. The quantitative estimate of drug-likeness (QED) is 0.764. The number of para-hydroxylation sites is 1. The van der Waals surface area contributed by atoms with E-state index < -0.39 is 0 Å². The zero-order chi connectivity index (χ0) is 11.4. The van der Waals surface area contributed by atoms with Crippen molar-refractivity contribution in [3.05, 3.63) is 42.1 Å². The van der Waals surface area contributed by atoms with Crippen LogP contribution in [0.5, 0.6) is 0 Å². The number of pyridine rings is 1. The van der Waals surface area contributed by atoms with E-state index in [4.69, 9.17) is 0 Å². The summed E-state index contributed by atoms with van der Waals surface area (Å²) in [5.41, 5.74) is 2.30. The molecule has 0 aliphatic carbocycles. The first kappa shape index (κ1) is 11.6. The molecule has 2 aromatic rings. The maximum atomic E-state index is 4.67. The summed E-state index contributed by atoms with van der Waals surface area (Å²) in [6, 6.07) is 12.6. The van der Waals surface area contributed by atoms with Crippen molar-refractivity contribution in [2.75, 3.05) is 5.33 Å². The first-order valence-electron chi connectivity index (χ1n) is 5.70. The highest BCUT2D eigenvalue weighted by molar-refractivity contribution is 9.09. The Hall–Kier alpha value is -0.890. The van der Waals surface area contributed by atoms with Crippen LogP contribution in [0.3, 0.4) is 0 Å². The second-order valence-corrected chi connectivity index (χ2v) is 4.94. The standard InChI is InChI=1S/C14H16BrN/c1-11(10-15)6-8-13-9-7-12-4-2-3-5-14(12)16-13/h2-5,7,9,11H,6,8,10H2,1H3. The number of aryl methyl sites for hydroxylation is 1. The maximum Gasteiger partial charge on any atom is 0.0705 e. The number of hydrogen-bond donors (Lipinski definition) is 0. The SMILES string of the molecule is CC(CBr)CCc1ccc2ccccc2n1. The topological polar surface area (TPSA) is 12.9 Å². The number of nitrogens with zero attached hydrogens (tertiary/aromatic N) is 1. The minimum atomic E-state index is 0.716. The second-order valence-electron chi connectivity index (χ2n) is 4.29. The zero-order valence-electron chi connectivity index (χ0n) is 9.49. The number of fused-ring (bicyclic) bond motifs is 1. The molecule has 0 amide bonds. The van der Waals surface area contributed by atoms with Crippen molar-refractivity contribution in [1.82, 2.24) is 4.98 Å². The van der Waals surface area contributed by atoms with Crippen molar-refractivity contribution < 1.29 is 0 Å². The lowest BCUT2D eigenvalue weighted by Crippen LogP contribution is -1.99. The van der Waals surface area contributed by atoms with Crippen LogP contribution < -0.4 is 0 Å². The molecular weight excluding hydrogens is 262 g/mol. The average Bonchev–Trinajstić information content (AvgIpc) is 2.35. The van der Waals surface area contributed by atoms with E-state index in [9.17, 15) is 0 Å². The molecule has 0 spiro atoms. The molecule has 2 heteroatoms. The summed E-state index contributed by atoms with van der Waals surface area (Å²) >= 11 is 3.51. The molecule has 1 heterocycles. The normalized spacial score (nSPS) is 12.9. The van der Waals surface area contributed by atoms with E-state index in [0.717, 1.165) is 17.3 Å². The molecule has 0 bridgehead atoms. The first-order chi connectivity index (χ1) is 7.79. The Morgan fingerprint density at radius 1 is 1.19 bits per heavy atom. The van der Waals surface area contributed by atoms with Gasteiger partial charge in [0.25, 0.3) is 0 Å². The predicted molar refractivity (Wildman–Crippen MR) is 73.0 cm³/mol. The van der Waals surface area contributed by atoms with Gasteiger partial charge in [-0.05, 0) is 30.9 Å². The van der Waals surface area contributed by atoms with Crippen molar-refractivity contribution in [3.63, 3.8) is 0 Å². The van der Waals surface area contributed by atoms with Crippen molar-refractivity contribution in [2.45, 2.75) is 19.8 Å². The summed E-state index contributed by atoms with van der Waals surface area (Å²) in [4.78, 5) is 4.67. The first-order valence-corrected chi connectivity index (χ1v) is 6.82. The number of hydrogen-bond acceptors (Lipinski definition) is 1. The van der Waals surface area contributed by atoms with E-state index in [-0.39, 0.29) is 0 Å². The molecule has 0 aliphatic rings. The van der Waals surface area contributed by atoms with Crippen LogP contribution in [-0.4, -0.2) is 10.3 Å². The number of aromatic nitrogens is 1. The van der Waals surface area contributed by atoms with Gasteiger partial charge in [0.1, 0.15) is 0 Å². The largest absolute Gasteiger partial charge is 0.253 e. The van der Waals surface area contributed by atoms with Gasteiger partial charge in [0.2, 0.25) is 0 Å². The molecule has 1 atom stereocenters. The molecule has 0 N–H and O–H groups in total. The average molecular weight is 278 g/mol. The Kier molecular flexibility index (Phi) is 3.94. The molecule has 1 nitrogen and oxygen atoms in total. The minimum Gasteiger partial charge on any atom is -0.253 e. The van der Waals surface area contributed by atoms with Gasteiger partial charge in [0.15, 0.2) is 0 Å². The van der Waals surface area contributed by atoms with Gasteiger partial charge in [-0.15, -0.1) is 0 Å². The predicted octanol–water partition coefficient (Wildman–Crippen LogP) is 4.20. The van der Waals surface area contributed by atoms with Crippen LogP contribution in [0.15, 0.2) is 36.4 Å². The van der Waals surface area contributed by atoms with Gasteiger partial charge in [-0.25, -0.2) is 0 Å². The lowest BCUT2D eigenvalue weighted by atomic mass is 10.1. The molecular formula is C14H16BrN. The fraction of sp³-hybridized carbons (Fsp3) is 0.357. The van der Waals surface area contributed by atoms with Gasteiger partial charge in [-0.1, -0.05) is 47.1 Å². The molecule has 0 fully saturated rings. The Morgan fingerprint density at radius 2 is 2.00 bits per heavy atom. The maximum absolute atomic E-state index is 4.67. The molecule has 2 rings (SSSR count). The zero-order valence-corrected chi connectivity index (χ0v) is 11.1. The van der Waals surface area contributed by atoms with Crippen molar-refractivity contribution >= 4 is 26.8 Å². The highest BCUT2D eigenvalue weighted by Gasteiger charge is 2.02. The summed E-state index contributed by atoms with van der Waals surface area (Å²) in [6.07, 6.45) is 2.26. The number of alkyl halides is 1. The third kappa shape index (κ3) is 2.82. The van der Waals surface area contributed by atoms with E-state index >= 15 is 0 Å². The lowest BCUT2D eigenvalue weighted by Gasteiger charge is -2.07. The summed E-state index contributed by atoms with van der Waals surface area (Å²) < 4.78 is 0. The Bertz CT molecular complexity index is 467. The third-order valence-electron chi connectivity index (χ3n) is 2.81. The fourth-order valence-corrected chi connectivity index (χ4v) is 2.04. The van der Waals surface area contributed by atoms with Crippen LogP contribution in [0, 0.1) is 5.92 Å². The molecule has 1 unspecified atom stereocenters. The van der Waals surface area contributed by atoms with Crippen LogP contribution in [-0.2, 0) is 6.42 Å². The molecule has 0 radical (unpaired) electrons. The Balaban J connectivity index is 2.13. The van der Waals surface area contributed by atoms with E-state index in [1.54, 1.807) is 0 Å². The highest BCUT2D eigenvalue weighted by Crippen LogP contribution is 2.15. The van der Waals surface area contributed by atoms with Crippen molar-refractivity contribution in [2.24, 2.45) is 5.92 Å². The number of halogens is 1. The van der Waals surface area contributed by atoms with Gasteiger partial charge < -0.3 is 0 Å². The molecule has 1 aromatic carbocycles. The van der Waals surface area contributed by atoms with E-state index in [2.05, 4.69) is 58.2 Å². The van der Waals surface area contributed by atoms with Gasteiger partial charge >= 0.3 is 0 Å². The van der Waals surface area contributed by atoms with Crippen LogP contribution in [0.25, 0.3) is 10.9 Å². The lowest BCUT2D eigenvalue weighted by molar-refractivity contribution is 0.595. The van der Waals surface area contributed by atoms with Gasteiger partial charge in [-0.2, -0.15) is 0 Å². The Morgan fingerprint density at radius 3 is 2.81 bits per heavy atom. The number of benzene rings is 1. The van der Waals surface area contributed by atoms with Crippen molar-refractivity contribution in [3.8, 4) is 0 Å². The van der Waals surface area contributed by atoms with Crippen LogP contribution >= 0.6 is 15.9 Å². The fourth-order valence-electron chi connectivity index (χ4n) is 1.72. The monoisotopic (exact) mass is 277 g/mol. The Labute approximate surface area is 105 Å². The molecule has 84 valence electrons. The third-order valence-corrected chi connectivity index (χ3v) is 3.92. The van der Waals surface area contributed by atoms with Crippen LogP contribution in [0.4, 0.5) is 0 Å². The van der Waals surface area contributed by atoms with E-state index in [0.29, 0.717) is 5.92 Å². The van der Waals surface area contributed by atoms with Crippen molar-refractivity contribution in [1.29, 1.82) is 0 Å². The highest BCUT2D eigenvalue weighted by atomic mass is 79.9. The van der Waals surface area contributed by atoms with Gasteiger partial charge in [0, 0.05) is 16.4 Å². The summed E-state index contributed by atoms with van der Waals surface area (Å²) in [6.45, 7) is 2.26. The van der Waals surface area contributed by atoms with Gasteiger partial charge in [0.05, 0.1) is 5.52 Å². The molecule has 0 saturated heterocycles. The second kappa shape index (κ2) is 5.44. The molecule has 0 aliphatic heterocycles. The van der Waals surface area contributed by atoms with E-state index in [1.165, 1.54) is 17.5 Å². The van der Waals surface area contributed by atoms with E-state index in [1.807, 2.05) is 6.07 Å². The summed E-state index contributed by atoms with van der Waals surface area (Å²) in [5.74, 6) is 0.716. The molecule has 1 aromatic heterocycles. The van der Waals surface area contributed by atoms with Crippen LogP contribution in [0.2, 0.25) is 0 Å². The van der Waals surface area contributed by atoms with Crippen LogP contribution in [0.1, 0.15) is 19.0 Å². The smallest absolute Gasteiger partial charge is 0.0705 e.